The Hall–Kier alpha value is -2.33. The highest BCUT2D eigenvalue weighted by atomic mass is 16.5. The standard InChI is InChI=1S/C22H27NO3/c1-2-8-21(17-9-4-3-5-10-17)23-22(24)18-11-6-12-19(15-18)26-16-20-13-7-14-25-20/h3-6,9-12,15,20-21H,2,7-8,13-14,16H2,1H3,(H,23,24). The van der Waals surface area contributed by atoms with Crippen molar-refractivity contribution in [3.8, 4) is 5.75 Å². The predicted molar refractivity (Wildman–Crippen MR) is 102 cm³/mol. The van der Waals surface area contributed by atoms with Crippen molar-refractivity contribution in [2.45, 2.75) is 44.8 Å². The van der Waals surface area contributed by atoms with Crippen LogP contribution in [0, 0.1) is 0 Å². The van der Waals surface area contributed by atoms with Crippen LogP contribution in [0.15, 0.2) is 54.6 Å². The van der Waals surface area contributed by atoms with Crippen LogP contribution in [0.4, 0.5) is 0 Å². The zero-order chi connectivity index (χ0) is 18.2. The predicted octanol–water partition coefficient (Wildman–Crippen LogP) is 4.52. The van der Waals surface area contributed by atoms with Gasteiger partial charge in [0.25, 0.3) is 5.91 Å². The van der Waals surface area contributed by atoms with Gasteiger partial charge < -0.3 is 14.8 Å². The van der Waals surface area contributed by atoms with Gasteiger partial charge in [0, 0.05) is 12.2 Å². The molecule has 2 aromatic rings. The van der Waals surface area contributed by atoms with Crippen LogP contribution >= 0.6 is 0 Å². The SMILES string of the molecule is CCCC(NC(=O)c1cccc(OCC2CCCO2)c1)c1ccccc1. The lowest BCUT2D eigenvalue weighted by Gasteiger charge is -2.19. The van der Waals surface area contributed by atoms with Gasteiger partial charge >= 0.3 is 0 Å². The molecule has 2 unspecified atom stereocenters. The topological polar surface area (TPSA) is 47.6 Å². The molecule has 4 heteroatoms. The number of nitrogens with one attached hydrogen (secondary N) is 1. The van der Waals surface area contributed by atoms with E-state index < -0.39 is 0 Å². The lowest BCUT2D eigenvalue weighted by Crippen LogP contribution is -2.28. The molecule has 1 heterocycles. The summed E-state index contributed by atoms with van der Waals surface area (Å²) >= 11 is 0. The Balaban J connectivity index is 1.63. The van der Waals surface area contributed by atoms with Gasteiger partial charge in [-0.05, 0) is 43.0 Å². The molecule has 1 aliphatic heterocycles. The molecule has 2 aromatic carbocycles. The quantitative estimate of drug-likeness (QED) is 0.759. The zero-order valence-electron chi connectivity index (χ0n) is 15.3. The van der Waals surface area contributed by atoms with E-state index in [4.69, 9.17) is 9.47 Å². The van der Waals surface area contributed by atoms with Crippen molar-refractivity contribution >= 4 is 5.91 Å². The lowest BCUT2D eigenvalue weighted by molar-refractivity contribution is 0.0679. The van der Waals surface area contributed by atoms with E-state index in [1.807, 2.05) is 36.4 Å². The van der Waals surface area contributed by atoms with Crippen LogP contribution < -0.4 is 10.1 Å². The first-order valence-corrected chi connectivity index (χ1v) is 9.46. The number of benzene rings is 2. The molecular formula is C22H27NO3. The largest absolute Gasteiger partial charge is 0.491 e. The number of carbonyl (C=O) groups is 1. The molecule has 1 aliphatic rings. The summed E-state index contributed by atoms with van der Waals surface area (Å²) in [7, 11) is 0. The normalized spacial score (nSPS) is 17.7. The molecule has 1 N–H and O–H groups in total. The van der Waals surface area contributed by atoms with Crippen molar-refractivity contribution in [1.29, 1.82) is 0 Å². The van der Waals surface area contributed by atoms with Gasteiger partial charge in [-0.1, -0.05) is 49.7 Å². The summed E-state index contributed by atoms with van der Waals surface area (Å²) in [5.74, 6) is 0.634. The first-order valence-electron chi connectivity index (χ1n) is 9.46. The highest BCUT2D eigenvalue weighted by Gasteiger charge is 2.17. The molecular weight excluding hydrogens is 326 g/mol. The summed E-state index contributed by atoms with van der Waals surface area (Å²) in [6, 6.07) is 17.5. The molecule has 138 valence electrons. The number of ether oxygens (including phenoxy) is 2. The molecule has 1 fully saturated rings. The second-order valence-corrected chi connectivity index (χ2v) is 6.70. The van der Waals surface area contributed by atoms with Gasteiger partial charge in [0.05, 0.1) is 12.1 Å². The third-order valence-corrected chi connectivity index (χ3v) is 4.64. The third kappa shape index (κ3) is 5.09. The number of amides is 1. The minimum absolute atomic E-state index is 0.0187. The molecule has 0 saturated carbocycles. The Morgan fingerprint density at radius 2 is 2.08 bits per heavy atom. The van der Waals surface area contributed by atoms with Gasteiger partial charge in [-0.25, -0.2) is 0 Å². The highest BCUT2D eigenvalue weighted by Crippen LogP contribution is 2.21. The van der Waals surface area contributed by atoms with Crippen molar-refractivity contribution in [1.82, 2.24) is 5.32 Å². The Labute approximate surface area is 155 Å². The zero-order valence-corrected chi connectivity index (χ0v) is 15.3. The molecule has 0 aromatic heterocycles. The number of rotatable bonds is 8. The van der Waals surface area contributed by atoms with Crippen LogP contribution in [0.2, 0.25) is 0 Å². The molecule has 2 atom stereocenters. The minimum atomic E-state index is -0.0742. The summed E-state index contributed by atoms with van der Waals surface area (Å²) < 4.78 is 11.4. The van der Waals surface area contributed by atoms with Crippen molar-refractivity contribution in [2.75, 3.05) is 13.2 Å². The van der Waals surface area contributed by atoms with Crippen LogP contribution in [0.1, 0.15) is 54.6 Å². The fourth-order valence-corrected chi connectivity index (χ4v) is 3.23. The Kier molecular flexibility index (Phi) is 6.67. The minimum Gasteiger partial charge on any atom is -0.491 e. The fraction of sp³-hybridized carbons (Fsp3) is 0.409. The second kappa shape index (κ2) is 9.39. The second-order valence-electron chi connectivity index (χ2n) is 6.70. The monoisotopic (exact) mass is 353 g/mol. The maximum Gasteiger partial charge on any atom is 0.251 e. The van der Waals surface area contributed by atoms with E-state index in [-0.39, 0.29) is 18.1 Å². The molecule has 0 spiro atoms. The number of hydrogen-bond acceptors (Lipinski definition) is 3. The van der Waals surface area contributed by atoms with Crippen LogP contribution in [-0.4, -0.2) is 25.2 Å². The van der Waals surface area contributed by atoms with Gasteiger partial charge in [-0.15, -0.1) is 0 Å². The fourth-order valence-electron chi connectivity index (χ4n) is 3.23. The number of carbonyl (C=O) groups excluding carboxylic acids is 1. The average molecular weight is 353 g/mol. The summed E-state index contributed by atoms with van der Waals surface area (Å²) in [6.45, 7) is 3.48. The summed E-state index contributed by atoms with van der Waals surface area (Å²) in [5, 5.41) is 3.16. The first-order chi connectivity index (χ1) is 12.8. The lowest BCUT2D eigenvalue weighted by atomic mass is 10.0. The average Bonchev–Trinajstić information content (AvgIpc) is 3.20. The van der Waals surface area contributed by atoms with Gasteiger partial charge in [0.15, 0.2) is 0 Å². The molecule has 1 saturated heterocycles. The van der Waals surface area contributed by atoms with Crippen LogP contribution in [0.25, 0.3) is 0 Å². The van der Waals surface area contributed by atoms with Gasteiger partial charge in [-0.3, -0.25) is 4.79 Å². The van der Waals surface area contributed by atoms with Crippen LogP contribution in [-0.2, 0) is 4.74 Å². The van der Waals surface area contributed by atoms with E-state index in [2.05, 4.69) is 24.4 Å². The van der Waals surface area contributed by atoms with E-state index >= 15 is 0 Å². The van der Waals surface area contributed by atoms with Crippen molar-refractivity contribution < 1.29 is 14.3 Å². The summed E-state index contributed by atoms with van der Waals surface area (Å²) in [4.78, 5) is 12.7. The van der Waals surface area contributed by atoms with E-state index in [1.54, 1.807) is 6.07 Å². The van der Waals surface area contributed by atoms with E-state index in [0.717, 1.165) is 37.9 Å². The van der Waals surface area contributed by atoms with Crippen molar-refractivity contribution in [3.05, 3.63) is 65.7 Å². The highest BCUT2D eigenvalue weighted by molar-refractivity contribution is 5.94. The molecule has 1 amide bonds. The Bertz CT molecular complexity index is 696. The van der Waals surface area contributed by atoms with E-state index in [9.17, 15) is 4.79 Å². The van der Waals surface area contributed by atoms with Crippen molar-refractivity contribution in [2.24, 2.45) is 0 Å². The Morgan fingerprint density at radius 3 is 2.81 bits per heavy atom. The smallest absolute Gasteiger partial charge is 0.251 e. The van der Waals surface area contributed by atoms with Crippen molar-refractivity contribution in [3.63, 3.8) is 0 Å². The molecule has 4 nitrogen and oxygen atoms in total. The molecule has 0 bridgehead atoms. The molecule has 0 radical (unpaired) electrons. The Morgan fingerprint density at radius 1 is 1.23 bits per heavy atom. The molecule has 0 aliphatic carbocycles. The maximum absolute atomic E-state index is 12.7. The first kappa shape index (κ1) is 18.5. The number of hydrogen-bond donors (Lipinski definition) is 1. The van der Waals surface area contributed by atoms with Gasteiger partial charge in [0.1, 0.15) is 12.4 Å². The summed E-state index contributed by atoms with van der Waals surface area (Å²) in [5.41, 5.74) is 1.75. The molecule has 26 heavy (non-hydrogen) atoms. The van der Waals surface area contributed by atoms with Crippen LogP contribution in [0.3, 0.4) is 0 Å². The third-order valence-electron chi connectivity index (χ3n) is 4.64. The molecule has 3 rings (SSSR count). The van der Waals surface area contributed by atoms with E-state index in [1.165, 1.54) is 0 Å². The summed E-state index contributed by atoms with van der Waals surface area (Å²) in [6.07, 6.45) is 4.21. The van der Waals surface area contributed by atoms with Gasteiger partial charge in [-0.2, -0.15) is 0 Å². The maximum atomic E-state index is 12.7. The van der Waals surface area contributed by atoms with Gasteiger partial charge in [0.2, 0.25) is 0 Å². The van der Waals surface area contributed by atoms with Crippen LogP contribution in [0.5, 0.6) is 5.75 Å². The van der Waals surface area contributed by atoms with E-state index in [0.29, 0.717) is 17.9 Å².